The van der Waals surface area contributed by atoms with Crippen molar-refractivity contribution in [2.24, 2.45) is 0 Å². The highest BCUT2D eigenvalue weighted by molar-refractivity contribution is 5.89. The number of nitrogens with one attached hydrogen (secondary N) is 3. The predicted octanol–water partition coefficient (Wildman–Crippen LogP) is 2.84. The van der Waals surface area contributed by atoms with E-state index in [1.165, 1.54) is 0 Å². The van der Waals surface area contributed by atoms with Gasteiger partial charge in [-0.05, 0) is 58.2 Å². The van der Waals surface area contributed by atoms with Crippen LogP contribution in [0.25, 0.3) is 0 Å². The molecule has 1 saturated heterocycles. The zero-order valence-electron chi connectivity index (χ0n) is 17.0. The number of nitrogens with zero attached hydrogens (tertiary/aromatic N) is 1. The molecular formula is C20H30N4O4. The van der Waals surface area contributed by atoms with Crippen LogP contribution in [0.5, 0.6) is 0 Å². The van der Waals surface area contributed by atoms with E-state index in [0.717, 1.165) is 31.5 Å². The number of alkyl carbamates (subject to hydrolysis) is 1. The van der Waals surface area contributed by atoms with Crippen molar-refractivity contribution in [1.29, 1.82) is 0 Å². The molecule has 0 radical (unpaired) electrons. The van der Waals surface area contributed by atoms with Gasteiger partial charge in [-0.1, -0.05) is 12.1 Å². The minimum Gasteiger partial charge on any atom is -0.444 e. The molecule has 0 aromatic heterocycles. The number of anilines is 1. The fourth-order valence-corrected chi connectivity index (χ4v) is 2.77. The van der Waals surface area contributed by atoms with E-state index in [1.807, 2.05) is 24.3 Å². The van der Waals surface area contributed by atoms with Crippen molar-refractivity contribution in [3.05, 3.63) is 29.8 Å². The van der Waals surface area contributed by atoms with E-state index in [9.17, 15) is 14.4 Å². The SMILES string of the molecule is CC(NC(=O)OC(C)(C)C)C(=O)NCc1cccc(NC(=O)N2CCCC2)c1. The van der Waals surface area contributed by atoms with Crippen molar-refractivity contribution >= 4 is 23.7 Å². The summed E-state index contributed by atoms with van der Waals surface area (Å²) in [6.07, 6.45) is 1.44. The van der Waals surface area contributed by atoms with E-state index in [1.54, 1.807) is 32.6 Å². The number of urea groups is 1. The zero-order valence-corrected chi connectivity index (χ0v) is 17.0. The predicted molar refractivity (Wildman–Crippen MR) is 107 cm³/mol. The van der Waals surface area contributed by atoms with Crippen LogP contribution in [0.3, 0.4) is 0 Å². The molecule has 1 aliphatic rings. The molecule has 3 N–H and O–H groups in total. The second kappa shape index (κ2) is 9.43. The molecule has 1 unspecified atom stereocenters. The van der Waals surface area contributed by atoms with Crippen molar-refractivity contribution in [1.82, 2.24) is 15.5 Å². The summed E-state index contributed by atoms with van der Waals surface area (Å²) in [5, 5.41) is 8.16. The summed E-state index contributed by atoms with van der Waals surface area (Å²) in [6.45, 7) is 8.71. The molecule has 0 spiro atoms. The Morgan fingerprint density at radius 2 is 1.86 bits per heavy atom. The lowest BCUT2D eigenvalue weighted by Crippen LogP contribution is -2.46. The standard InChI is InChI=1S/C20H30N4O4/c1-14(22-19(27)28-20(2,3)4)17(25)21-13-15-8-7-9-16(12-15)23-18(26)24-10-5-6-11-24/h7-9,12,14H,5-6,10-11,13H2,1-4H3,(H,21,25)(H,22,27)(H,23,26). The minimum atomic E-state index is -0.729. The van der Waals surface area contributed by atoms with Crippen LogP contribution in [-0.2, 0) is 16.1 Å². The number of ether oxygens (including phenoxy) is 1. The molecular weight excluding hydrogens is 360 g/mol. The summed E-state index contributed by atoms with van der Waals surface area (Å²) in [6, 6.07) is 6.48. The van der Waals surface area contributed by atoms with Gasteiger partial charge in [-0.2, -0.15) is 0 Å². The van der Waals surface area contributed by atoms with E-state index in [-0.39, 0.29) is 18.5 Å². The fourth-order valence-electron chi connectivity index (χ4n) is 2.77. The first kappa shape index (κ1) is 21.5. The summed E-state index contributed by atoms with van der Waals surface area (Å²) >= 11 is 0. The van der Waals surface area contributed by atoms with Crippen LogP contribution in [-0.4, -0.2) is 47.7 Å². The van der Waals surface area contributed by atoms with Crippen LogP contribution in [0.2, 0.25) is 0 Å². The molecule has 0 aliphatic carbocycles. The number of benzene rings is 1. The van der Waals surface area contributed by atoms with Crippen LogP contribution in [0, 0.1) is 0 Å². The lowest BCUT2D eigenvalue weighted by atomic mass is 10.2. The monoisotopic (exact) mass is 390 g/mol. The van der Waals surface area contributed by atoms with Gasteiger partial charge in [0.25, 0.3) is 0 Å². The van der Waals surface area contributed by atoms with Crippen molar-refractivity contribution in [3.63, 3.8) is 0 Å². The number of hydrogen-bond acceptors (Lipinski definition) is 4. The molecule has 1 atom stereocenters. The molecule has 4 amide bonds. The van der Waals surface area contributed by atoms with Gasteiger partial charge in [0.1, 0.15) is 11.6 Å². The number of carbonyl (C=O) groups excluding carboxylic acids is 3. The van der Waals surface area contributed by atoms with Gasteiger partial charge in [0.15, 0.2) is 0 Å². The minimum absolute atomic E-state index is 0.103. The Morgan fingerprint density at radius 3 is 2.50 bits per heavy atom. The normalized spacial score (nSPS) is 14.9. The van der Waals surface area contributed by atoms with Gasteiger partial charge in [-0.25, -0.2) is 9.59 Å². The number of hydrogen-bond donors (Lipinski definition) is 3. The summed E-state index contributed by atoms with van der Waals surface area (Å²) in [5.41, 5.74) is 0.904. The van der Waals surface area contributed by atoms with Crippen LogP contribution in [0.4, 0.5) is 15.3 Å². The molecule has 2 rings (SSSR count). The van der Waals surface area contributed by atoms with Gasteiger partial charge in [0, 0.05) is 25.3 Å². The molecule has 8 heteroatoms. The number of rotatable bonds is 5. The first-order chi connectivity index (χ1) is 13.1. The van der Waals surface area contributed by atoms with Crippen molar-refractivity contribution in [3.8, 4) is 0 Å². The van der Waals surface area contributed by atoms with Gasteiger partial charge >= 0.3 is 12.1 Å². The molecule has 28 heavy (non-hydrogen) atoms. The van der Waals surface area contributed by atoms with Crippen LogP contribution < -0.4 is 16.0 Å². The lowest BCUT2D eigenvalue weighted by molar-refractivity contribution is -0.122. The van der Waals surface area contributed by atoms with Crippen LogP contribution >= 0.6 is 0 Å². The van der Waals surface area contributed by atoms with Gasteiger partial charge in [0.2, 0.25) is 5.91 Å². The number of carbonyl (C=O) groups is 3. The Morgan fingerprint density at radius 1 is 1.18 bits per heavy atom. The molecule has 1 fully saturated rings. The summed E-state index contributed by atoms with van der Waals surface area (Å²) in [7, 11) is 0. The van der Waals surface area contributed by atoms with Gasteiger partial charge in [0.05, 0.1) is 0 Å². The molecule has 1 aliphatic heterocycles. The highest BCUT2D eigenvalue weighted by Gasteiger charge is 2.21. The quantitative estimate of drug-likeness (QED) is 0.720. The Hall–Kier alpha value is -2.77. The Kier molecular flexibility index (Phi) is 7.25. The summed E-state index contributed by atoms with van der Waals surface area (Å²) < 4.78 is 5.14. The maximum atomic E-state index is 12.2. The average molecular weight is 390 g/mol. The highest BCUT2D eigenvalue weighted by Crippen LogP contribution is 2.14. The van der Waals surface area contributed by atoms with Crippen molar-refractivity contribution in [2.45, 2.75) is 58.7 Å². The van der Waals surface area contributed by atoms with Gasteiger partial charge in [-0.3, -0.25) is 4.79 Å². The number of amides is 4. The fraction of sp³-hybridized carbons (Fsp3) is 0.550. The lowest BCUT2D eigenvalue weighted by Gasteiger charge is -2.21. The third-order valence-corrected chi connectivity index (χ3v) is 4.16. The second-order valence-electron chi connectivity index (χ2n) is 7.91. The smallest absolute Gasteiger partial charge is 0.408 e. The maximum absolute atomic E-state index is 12.2. The molecule has 1 aromatic rings. The van der Waals surface area contributed by atoms with Gasteiger partial charge in [-0.15, -0.1) is 0 Å². The van der Waals surface area contributed by atoms with Crippen molar-refractivity contribution < 1.29 is 19.1 Å². The van der Waals surface area contributed by atoms with Gasteiger partial charge < -0.3 is 25.6 Å². The van der Waals surface area contributed by atoms with E-state index in [4.69, 9.17) is 4.74 Å². The van der Waals surface area contributed by atoms with Crippen LogP contribution in [0.1, 0.15) is 46.1 Å². The molecule has 0 bridgehead atoms. The molecule has 0 saturated carbocycles. The average Bonchev–Trinajstić information content (AvgIpc) is 3.13. The molecule has 8 nitrogen and oxygen atoms in total. The third kappa shape index (κ3) is 7.09. The van der Waals surface area contributed by atoms with E-state index in [0.29, 0.717) is 5.69 Å². The van der Waals surface area contributed by atoms with Crippen molar-refractivity contribution in [2.75, 3.05) is 18.4 Å². The van der Waals surface area contributed by atoms with Crippen LogP contribution in [0.15, 0.2) is 24.3 Å². The Balaban J connectivity index is 1.82. The number of likely N-dealkylation sites (tertiary alicyclic amines) is 1. The Labute approximate surface area is 166 Å². The second-order valence-corrected chi connectivity index (χ2v) is 7.91. The molecule has 1 aromatic carbocycles. The summed E-state index contributed by atoms with van der Waals surface area (Å²) in [4.78, 5) is 37.9. The van der Waals surface area contributed by atoms with E-state index < -0.39 is 17.7 Å². The Bertz CT molecular complexity index is 708. The molecule has 1 heterocycles. The maximum Gasteiger partial charge on any atom is 0.408 e. The summed E-state index contributed by atoms with van der Waals surface area (Å²) in [5.74, 6) is -0.322. The molecule has 154 valence electrons. The topological polar surface area (TPSA) is 99.8 Å². The van der Waals surface area contributed by atoms with E-state index in [2.05, 4.69) is 16.0 Å². The first-order valence-corrected chi connectivity index (χ1v) is 9.56. The van der Waals surface area contributed by atoms with E-state index >= 15 is 0 Å². The largest absolute Gasteiger partial charge is 0.444 e. The third-order valence-electron chi connectivity index (χ3n) is 4.16. The zero-order chi connectivity index (χ0) is 20.7. The highest BCUT2D eigenvalue weighted by atomic mass is 16.6. The first-order valence-electron chi connectivity index (χ1n) is 9.56.